The van der Waals surface area contributed by atoms with E-state index in [4.69, 9.17) is 5.11 Å². The van der Waals surface area contributed by atoms with Gasteiger partial charge in [-0.05, 0) is 32.9 Å². The van der Waals surface area contributed by atoms with Crippen LogP contribution in [0.2, 0.25) is 0 Å². The Balaban J connectivity index is 2.77. The predicted octanol–water partition coefficient (Wildman–Crippen LogP) is 1.18. The van der Waals surface area contributed by atoms with Crippen LogP contribution in [-0.4, -0.2) is 28.2 Å². The molecule has 0 fully saturated rings. The summed E-state index contributed by atoms with van der Waals surface area (Å²) in [6.45, 7) is 5.76. The molecule has 0 aliphatic heterocycles. The first-order valence-corrected chi connectivity index (χ1v) is 5.14. The molecule has 1 heterocycles. The first-order valence-electron chi connectivity index (χ1n) is 5.14. The van der Waals surface area contributed by atoms with E-state index in [1.165, 1.54) is 0 Å². The van der Waals surface area contributed by atoms with Gasteiger partial charge in [0.05, 0.1) is 6.61 Å². The largest absolute Gasteiger partial charge is 0.394 e. The SMILES string of the molecule is CC(CO)NC(=O)c1cccn1C(C)C. The van der Waals surface area contributed by atoms with Crippen LogP contribution in [0.3, 0.4) is 0 Å². The third-order valence-corrected chi connectivity index (χ3v) is 2.22. The van der Waals surface area contributed by atoms with Crippen LogP contribution in [-0.2, 0) is 0 Å². The highest BCUT2D eigenvalue weighted by atomic mass is 16.3. The van der Waals surface area contributed by atoms with Crippen LogP contribution >= 0.6 is 0 Å². The van der Waals surface area contributed by atoms with Gasteiger partial charge in [-0.1, -0.05) is 0 Å². The summed E-state index contributed by atoms with van der Waals surface area (Å²) in [6.07, 6.45) is 1.88. The lowest BCUT2D eigenvalue weighted by molar-refractivity contribution is 0.0911. The number of aliphatic hydroxyl groups is 1. The molecule has 4 nitrogen and oxygen atoms in total. The zero-order valence-electron chi connectivity index (χ0n) is 9.40. The molecular formula is C11H18N2O2. The van der Waals surface area contributed by atoms with E-state index in [0.717, 1.165) is 0 Å². The molecule has 1 amide bonds. The van der Waals surface area contributed by atoms with Gasteiger partial charge in [0, 0.05) is 18.3 Å². The first kappa shape index (κ1) is 11.8. The number of amides is 1. The molecule has 1 rings (SSSR count). The highest BCUT2D eigenvalue weighted by Crippen LogP contribution is 2.10. The van der Waals surface area contributed by atoms with Crippen molar-refractivity contribution >= 4 is 5.91 Å². The van der Waals surface area contributed by atoms with Crippen molar-refractivity contribution in [1.29, 1.82) is 0 Å². The topological polar surface area (TPSA) is 54.3 Å². The summed E-state index contributed by atoms with van der Waals surface area (Å²) in [4.78, 5) is 11.8. The number of rotatable bonds is 4. The van der Waals surface area contributed by atoms with Gasteiger partial charge in [0.25, 0.3) is 5.91 Å². The van der Waals surface area contributed by atoms with E-state index in [2.05, 4.69) is 5.32 Å². The van der Waals surface area contributed by atoms with Crippen molar-refractivity contribution < 1.29 is 9.90 Å². The van der Waals surface area contributed by atoms with Crippen molar-refractivity contribution in [3.05, 3.63) is 24.0 Å². The average Bonchev–Trinajstić information content (AvgIpc) is 2.65. The molecule has 0 radical (unpaired) electrons. The zero-order valence-corrected chi connectivity index (χ0v) is 9.40. The third-order valence-electron chi connectivity index (χ3n) is 2.22. The Morgan fingerprint density at radius 3 is 2.73 bits per heavy atom. The minimum absolute atomic E-state index is 0.0475. The molecule has 1 aromatic heterocycles. The molecule has 1 unspecified atom stereocenters. The van der Waals surface area contributed by atoms with Crippen LogP contribution < -0.4 is 5.32 Å². The summed E-state index contributed by atoms with van der Waals surface area (Å²) in [6, 6.07) is 3.66. The normalized spacial score (nSPS) is 12.9. The van der Waals surface area contributed by atoms with Crippen molar-refractivity contribution in [3.8, 4) is 0 Å². The molecule has 0 aromatic carbocycles. The molecule has 84 valence electrons. The fourth-order valence-corrected chi connectivity index (χ4v) is 1.38. The molecule has 1 aromatic rings. The standard InChI is InChI=1S/C11H18N2O2/c1-8(2)13-6-4-5-10(13)11(15)12-9(3)7-14/h4-6,8-9,14H,7H2,1-3H3,(H,12,15). The van der Waals surface area contributed by atoms with Crippen molar-refractivity contribution in [2.75, 3.05) is 6.61 Å². The van der Waals surface area contributed by atoms with Crippen molar-refractivity contribution in [1.82, 2.24) is 9.88 Å². The van der Waals surface area contributed by atoms with Crippen LogP contribution in [0.4, 0.5) is 0 Å². The van der Waals surface area contributed by atoms with E-state index >= 15 is 0 Å². The zero-order chi connectivity index (χ0) is 11.4. The quantitative estimate of drug-likeness (QED) is 0.784. The smallest absolute Gasteiger partial charge is 0.268 e. The fourth-order valence-electron chi connectivity index (χ4n) is 1.38. The minimum atomic E-state index is -0.215. The highest BCUT2D eigenvalue weighted by Gasteiger charge is 2.13. The van der Waals surface area contributed by atoms with Gasteiger partial charge in [0.15, 0.2) is 0 Å². The number of aliphatic hydroxyl groups excluding tert-OH is 1. The van der Waals surface area contributed by atoms with Crippen LogP contribution in [0, 0.1) is 0 Å². The van der Waals surface area contributed by atoms with E-state index in [-0.39, 0.29) is 24.6 Å². The Hall–Kier alpha value is -1.29. The molecule has 4 heteroatoms. The molecule has 0 saturated carbocycles. The Morgan fingerprint density at radius 2 is 2.20 bits per heavy atom. The van der Waals surface area contributed by atoms with E-state index in [1.807, 2.05) is 30.7 Å². The van der Waals surface area contributed by atoms with Gasteiger partial charge in [-0.15, -0.1) is 0 Å². The van der Waals surface area contributed by atoms with Gasteiger partial charge in [-0.2, -0.15) is 0 Å². The molecule has 2 N–H and O–H groups in total. The summed E-state index contributed by atoms with van der Waals surface area (Å²) < 4.78 is 1.90. The number of carbonyl (C=O) groups excluding carboxylic acids is 1. The summed E-state index contributed by atoms with van der Waals surface area (Å²) >= 11 is 0. The second-order valence-electron chi connectivity index (χ2n) is 3.95. The lowest BCUT2D eigenvalue weighted by Crippen LogP contribution is -2.36. The number of hydrogen-bond donors (Lipinski definition) is 2. The van der Waals surface area contributed by atoms with E-state index in [1.54, 1.807) is 13.0 Å². The molecule has 0 aliphatic carbocycles. The third kappa shape index (κ3) is 2.83. The van der Waals surface area contributed by atoms with Crippen molar-refractivity contribution in [2.24, 2.45) is 0 Å². The van der Waals surface area contributed by atoms with Gasteiger partial charge in [0.2, 0.25) is 0 Å². The second-order valence-corrected chi connectivity index (χ2v) is 3.95. The number of nitrogens with zero attached hydrogens (tertiary/aromatic N) is 1. The Bertz CT molecular complexity index is 331. The number of hydrogen-bond acceptors (Lipinski definition) is 2. The van der Waals surface area contributed by atoms with Gasteiger partial charge in [-0.3, -0.25) is 4.79 Å². The molecule has 1 atom stereocenters. The van der Waals surface area contributed by atoms with Gasteiger partial charge < -0.3 is 15.0 Å². The predicted molar refractivity (Wildman–Crippen MR) is 58.8 cm³/mol. The Morgan fingerprint density at radius 1 is 1.53 bits per heavy atom. The van der Waals surface area contributed by atoms with Crippen LogP contribution in [0.15, 0.2) is 18.3 Å². The van der Waals surface area contributed by atoms with Gasteiger partial charge in [0.1, 0.15) is 5.69 Å². The maximum atomic E-state index is 11.8. The number of carbonyl (C=O) groups is 1. The Kier molecular flexibility index (Phi) is 3.91. The first-order chi connectivity index (χ1) is 7.06. The monoisotopic (exact) mass is 210 g/mol. The van der Waals surface area contributed by atoms with E-state index in [9.17, 15) is 4.79 Å². The maximum absolute atomic E-state index is 11.8. The molecule has 0 spiro atoms. The van der Waals surface area contributed by atoms with Gasteiger partial charge >= 0.3 is 0 Å². The fraction of sp³-hybridized carbons (Fsp3) is 0.545. The van der Waals surface area contributed by atoms with Crippen molar-refractivity contribution in [2.45, 2.75) is 32.9 Å². The molecule has 0 bridgehead atoms. The summed E-state index contributed by atoms with van der Waals surface area (Å²) in [5.74, 6) is -0.143. The minimum Gasteiger partial charge on any atom is -0.394 e. The van der Waals surface area contributed by atoms with Crippen LogP contribution in [0.25, 0.3) is 0 Å². The number of aromatic nitrogens is 1. The molecular weight excluding hydrogens is 192 g/mol. The van der Waals surface area contributed by atoms with Crippen molar-refractivity contribution in [3.63, 3.8) is 0 Å². The summed E-state index contributed by atoms with van der Waals surface area (Å²) in [5, 5.41) is 11.6. The van der Waals surface area contributed by atoms with Crippen LogP contribution in [0.5, 0.6) is 0 Å². The lowest BCUT2D eigenvalue weighted by Gasteiger charge is -2.15. The van der Waals surface area contributed by atoms with E-state index in [0.29, 0.717) is 5.69 Å². The summed E-state index contributed by atoms with van der Waals surface area (Å²) in [5.41, 5.74) is 0.630. The second kappa shape index (κ2) is 4.98. The maximum Gasteiger partial charge on any atom is 0.268 e. The number of nitrogens with one attached hydrogen (secondary N) is 1. The molecule has 15 heavy (non-hydrogen) atoms. The molecule has 0 aliphatic rings. The highest BCUT2D eigenvalue weighted by molar-refractivity contribution is 5.92. The van der Waals surface area contributed by atoms with Crippen LogP contribution in [0.1, 0.15) is 37.3 Å². The average molecular weight is 210 g/mol. The van der Waals surface area contributed by atoms with Gasteiger partial charge in [-0.25, -0.2) is 0 Å². The lowest BCUT2D eigenvalue weighted by atomic mass is 10.3. The Labute approximate surface area is 89.9 Å². The van der Waals surface area contributed by atoms with E-state index < -0.39 is 0 Å². The molecule has 0 saturated heterocycles. The summed E-state index contributed by atoms with van der Waals surface area (Å²) in [7, 11) is 0.